The molecule has 0 amide bonds. The van der Waals surface area contributed by atoms with Gasteiger partial charge < -0.3 is 10.0 Å². The summed E-state index contributed by atoms with van der Waals surface area (Å²) in [6.45, 7) is 5.11. The highest BCUT2D eigenvalue weighted by molar-refractivity contribution is 5.94. The number of aromatic nitrogens is 1. The molecular weight excluding hydrogens is 204 g/mol. The highest BCUT2D eigenvalue weighted by Crippen LogP contribution is 2.19. The van der Waals surface area contributed by atoms with Gasteiger partial charge in [-0.1, -0.05) is 20.3 Å². The van der Waals surface area contributed by atoms with Crippen molar-refractivity contribution in [2.75, 3.05) is 18.5 Å². The lowest BCUT2D eigenvalue weighted by molar-refractivity contribution is 0.0697. The molecule has 1 N–H and O–H groups in total. The highest BCUT2D eigenvalue weighted by Gasteiger charge is 2.14. The van der Waals surface area contributed by atoms with Crippen molar-refractivity contribution in [3.63, 3.8) is 0 Å². The van der Waals surface area contributed by atoms with Gasteiger partial charge in [0.05, 0.1) is 17.4 Å². The summed E-state index contributed by atoms with van der Waals surface area (Å²) in [4.78, 5) is 17.0. The molecule has 0 radical (unpaired) electrons. The SMILES string of the molecule is CCC(C)CN(C)c1cnccc1C(=O)O. The first kappa shape index (κ1) is 12.5. The van der Waals surface area contributed by atoms with E-state index in [-0.39, 0.29) is 0 Å². The van der Waals surface area contributed by atoms with E-state index in [1.807, 2.05) is 11.9 Å². The number of anilines is 1. The third-order valence-corrected chi connectivity index (χ3v) is 2.72. The number of pyridine rings is 1. The first-order chi connectivity index (χ1) is 7.56. The number of carboxylic acid groups (broad SMARTS) is 1. The second-order valence-electron chi connectivity index (χ2n) is 4.09. The van der Waals surface area contributed by atoms with Crippen LogP contribution in [0, 0.1) is 5.92 Å². The van der Waals surface area contributed by atoms with Crippen LogP contribution < -0.4 is 4.90 Å². The molecule has 0 saturated heterocycles. The minimum Gasteiger partial charge on any atom is -0.478 e. The molecule has 1 unspecified atom stereocenters. The molecule has 1 aromatic rings. The Hall–Kier alpha value is -1.58. The lowest BCUT2D eigenvalue weighted by Gasteiger charge is -2.23. The molecule has 1 rings (SSSR count). The predicted octanol–water partition coefficient (Wildman–Crippen LogP) is 2.26. The fraction of sp³-hybridized carbons (Fsp3) is 0.500. The molecule has 16 heavy (non-hydrogen) atoms. The van der Waals surface area contributed by atoms with Gasteiger partial charge in [-0.3, -0.25) is 4.98 Å². The molecule has 0 aliphatic rings. The van der Waals surface area contributed by atoms with Crippen LogP contribution in [0.4, 0.5) is 5.69 Å². The van der Waals surface area contributed by atoms with Crippen LogP contribution in [0.5, 0.6) is 0 Å². The molecular formula is C12H18N2O2. The van der Waals surface area contributed by atoms with Gasteiger partial charge in [0.1, 0.15) is 0 Å². The van der Waals surface area contributed by atoms with Crippen LogP contribution in [0.15, 0.2) is 18.5 Å². The van der Waals surface area contributed by atoms with Crippen molar-refractivity contribution >= 4 is 11.7 Å². The molecule has 0 aliphatic heterocycles. The van der Waals surface area contributed by atoms with Crippen LogP contribution in [-0.4, -0.2) is 29.7 Å². The summed E-state index contributed by atoms with van der Waals surface area (Å²) in [6.07, 6.45) is 4.18. The average molecular weight is 222 g/mol. The van der Waals surface area contributed by atoms with Crippen molar-refractivity contribution in [3.05, 3.63) is 24.0 Å². The maximum atomic E-state index is 11.0. The van der Waals surface area contributed by atoms with Gasteiger partial charge in [0.2, 0.25) is 0 Å². The van der Waals surface area contributed by atoms with E-state index in [9.17, 15) is 4.79 Å². The monoisotopic (exact) mass is 222 g/mol. The van der Waals surface area contributed by atoms with Crippen molar-refractivity contribution in [2.45, 2.75) is 20.3 Å². The number of nitrogens with zero attached hydrogens (tertiary/aromatic N) is 2. The topological polar surface area (TPSA) is 53.4 Å². The van der Waals surface area contributed by atoms with Crippen LogP contribution in [-0.2, 0) is 0 Å². The van der Waals surface area contributed by atoms with Crippen LogP contribution >= 0.6 is 0 Å². The van der Waals surface area contributed by atoms with Gasteiger partial charge in [-0.2, -0.15) is 0 Å². The Bertz CT molecular complexity index is 366. The number of aromatic carboxylic acids is 1. The Balaban J connectivity index is 2.90. The molecule has 0 saturated carbocycles. The number of hydrogen-bond donors (Lipinski definition) is 1. The summed E-state index contributed by atoms with van der Waals surface area (Å²) in [5.74, 6) is -0.375. The lowest BCUT2D eigenvalue weighted by atomic mass is 10.1. The number of carboxylic acids is 1. The fourth-order valence-corrected chi connectivity index (χ4v) is 1.57. The van der Waals surface area contributed by atoms with E-state index in [4.69, 9.17) is 5.11 Å². The van der Waals surface area contributed by atoms with E-state index in [2.05, 4.69) is 18.8 Å². The van der Waals surface area contributed by atoms with Gasteiger partial charge in [-0.05, 0) is 12.0 Å². The first-order valence-corrected chi connectivity index (χ1v) is 5.44. The maximum Gasteiger partial charge on any atom is 0.337 e. The fourth-order valence-electron chi connectivity index (χ4n) is 1.57. The van der Waals surface area contributed by atoms with Crippen LogP contribution in [0.2, 0.25) is 0 Å². The van der Waals surface area contributed by atoms with Gasteiger partial charge in [0.15, 0.2) is 0 Å². The zero-order valence-electron chi connectivity index (χ0n) is 9.97. The highest BCUT2D eigenvalue weighted by atomic mass is 16.4. The average Bonchev–Trinajstić information content (AvgIpc) is 2.28. The normalized spacial score (nSPS) is 12.2. The Morgan fingerprint density at radius 1 is 1.62 bits per heavy atom. The van der Waals surface area contributed by atoms with Crippen molar-refractivity contribution in [2.24, 2.45) is 5.92 Å². The second kappa shape index (κ2) is 5.49. The lowest BCUT2D eigenvalue weighted by Crippen LogP contribution is -2.25. The molecule has 0 fully saturated rings. The van der Waals surface area contributed by atoms with Crippen molar-refractivity contribution in [1.82, 2.24) is 4.98 Å². The Labute approximate surface area is 95.9 Å². The minimum absolute atomic E-state index is 0.306. The quantitative estimate of drug-likeness (QED) is 0.830. The Kier molecular flexibility index (Phi) is 4.28. The van der Waals surface area contributed by atoms with Gasteiger partial charge in [-0.15, -0.1) is 0 Å². The second-order valence-corrected chi connectivity index (χ2v) is 4.09. The molecule has 1 heterocycles. The largest absolute Gasteiger partial charge is 0.478 e. The summed E-state index contributed by atoms with van der Waals surface area (Å²) < 4.78 is 0. The van der Waals surface area contributed by atoms with Gasteiger partial charge in [-0.25, -0.2) is 4.79 Å². The maximum absolute atomic E-state index is 11.0. The molecule has 1 atom stereocenters. The third-order valence-electron chi connectivity index (χ3n) is 2.72. The van der Waals surface area contributed by atoms with E-state index in [0.717, 1.165) is 13.0 Å². The van der Waals surface area contributed by atoms with Crippen molar-refractivity contribution in [1.29, 1.82) is 0 Å². The first-order valence-electron chi connectivity index (χ1n) is 5.44. The van der Waals surface area contributed by atoms with E-state index in [1.54, 1.807) is 6.20 Å². The Morgan fingerprint density at radius 3 is 2.88 bits per heavy atom. The van der Waals surface area contributed by atoms with Gasteiger partial charge >= 0.3 is 5.97 Å². The molecule has 0 aliphatic carbocycles. The standard InChI is InChI=1S/C12H18N2O2/c1-4-9(2)8-14(3)11-7-13-6-5-10(11)12(15)16/h5-7,9H,4,8H2,1-3H3,(H,15,16). The summed E-state index contributed by atoms with van der Waals surface area (Å²) in [5, 5.41) is 9.05. The molecule has 0 bridgehead atoms. The number of rotatable bonds is 5. The van der Waals surface area contributed by atoms with E-state index in [1.165, 1.54) is 12.3 Å². The predicted molar refractivity (Wildman–Crippen MR) is 63.9 cm³/mol. The summed E-state index contributed by atoms with van der Waals surface area (Å²) in [6, 6.07) is 1.53. The van der Waals surface area contributed by atoms with Crippen molar-refractivity contribution < 1.29 is 9.90 Å². The summed E-state index contributed by atoms with van der Waals surface area (Å²) >= 11 is 0. The Morgan fingerprint density at radius 2 is 2.31 bits per heavy atom. The summed E-state index contributed by atoms with van der Waals surface area (Å²) in [7, 11) is 1.90. The number of hydrogen-bond acceptors (Lipinski definition) is 3. The van der Waals surface area contributed by atoms with E-state index >= 15 is 0 Å². The minimum atomic E-state index is -0.909. The van der Waals surface area contributed by atoms with Crippen LogP contribution in [0.1, 0.15) is 30.6 Å². The van der Waals surface area contributed by atoms with E-state index in [0.29, 0.717) is 17.2 Å². The molecule has 1 aromatic heterocycles. The van der Waals surface area contributed by atoms with Crippen LogP contribution in [0.25, 0.3) is 0 Å². The van der Waals surface area contributed by atoms with Crippen molar-refractivity contribution in [3.8, 4) is 0 Å². The zero-order chi connectivity index (χ0) is 12.1. The van der Waals surface area contributed by atoms with Gasteiger partial charge in [0, 0.05) is 19.8 Å². The van der Waals surface area contributed by atoms with Gasteiger partial charge in [0.25, 0.3) is 0 Å². The van der Waals surface area contributed by atoms with Crippen LogP contribution in [0.3, 0.4) is 0 Å². The molecule has 0 aromatic carbocycles. The van der Waals surface area contributed by atoms with E-state index < -0.39 is 5.97 Å². The molecule has 4 nitrogen and oxygen atoms in total. The zero-order valence-corrected chi connectivity index (χ0v) is 9.97. The third kappa shape index (κ3) is 2.95. The molecule has 0 spiro atoms. The molecule has 88 valence electrons. The summed E-state index contributed by atoms with van der Waals surface area (Å²) in [5.41, 5.74) is 0.983. The number of carbonyl (C=O) groups is 1. The molecule has 4 heteroatoms. The smallest absolute Gasteiger partial charge is 0.337 e.